The highest BCUT2D eigenvalue weighted by Crippen LogP contribution is 2.29. The summed E-state index contributed by atoms with van der Waals surface area (Å²) in [7, 11) is 0. The van der Waals surface area contributed by atoms with Gasteiger partial charge in [0.05, 0.1) is 5.56 Å². The number of fused-ring (bicyclic) bond motifs is 1. The van der Waals surface area contributed by atoms with E-state index in [2.05, 4.69) is 9.97 Å². The van der Waals surface area contributed by atoms with Crippen LogP contribution in [0.2, 0.25) is 0 Å². The first-order chi connectivity index (χ1) is 12.9. The molecular weight excluding hydrogens is 357 g/mol. The predicted octanol–water partition coefficient (Wildman–Crippen LogP) is 5.14. The summed E-state index contributed by atoms with van der Waals surface area (Å²) in [5.74, 6) is -0.118. The Morgan fingerprint density at radius 1 is 0.852 bits per heavy atom. The molecule has 0 aliphatic carbocycles. The molecule has 0 aliphatic heterocycles. The smallest absolute Gasteiger partial charge is 0.416 e. The van der Waals surface area contributed by atoms with E-state index in [9.17, 15) is 18.0 Å². The largest absolute Gasteiger partial charge is 0.434 e. The molecule has 0 amide bonds. The van der Waals surface area contributed by atoms with Gasteiger partial charge in [-0.05, 0) is 36.4 Å². The summed E-state index contributed by atoms with van der Waals surface area (Å²) in [6, 6.07) is 16.3. The van der Waals surface area contributed by atoms with Crippen LogP contribution in [-0.4, -0.2) is 15.8 Å². The Kier molecular flexibility index (Phi) is 3.99. The van der Waals surface area contributed by atoms with Crippen LogP contribution in [0.3, 0.4) is 0 Å². The van der Waals surface area contributed by atoms with Crippen molar-refractivity contribution in [2.75, 3.05) is 0 Å². The molecule has 0 saturated carbocycles. The van der Waals surface area contributed by atoms with E-state index in [0.717, 1.165) is 29.8 Å². The molecule has 4 rings (SSSR count). The number of carbonyl (C=O) groups excluding carboxylic acids is 1. The summed E-state index contributed by atoms with van der Waals surface area (Å²) in [4.78, 5) is 21.0. The third-order valence-corrected chi connectivity index (χ3v) is 3.98. The number of hydrogen-bond donors (Lipinski definition) is 0. The highest BCUT2D eigenvalue weighted by molar-refractivity contribution is 6.08. The average Bonchev–Trinajstić information content (AvgIpc) is 3.11. The molecule has 0 aliphatic rings. The van der Waals surface area contributed by atoms with Gasteiger partial charge in [0, 0.05) is 11.1 Å². The zero-order valence-corrected chi connectivity index (χ0v) is 13.7. The van der Waals surface area contributed by atoms with E-state index < -0.39 is 17.5 Å². The lowest BCUT2D eigenvalue weighted by atomic mass is 10.1. The number of carbonyl (C=O) groups is 1. The first-order valence-electron chi connectivity index (χ1n) is 7.97. The lowest BCUT2D eigenvalue weighted by Gasteiger charge is -2.07. The van der Waals surface area contributed by atoms with E-state index >= 15 is 0 Å². The van der Waals surface area contributed by atoms with Crippen molar-refractivity contribution < 1.29 is 22.4 Å². The standard InChI is InChI=1S/C20H11F3N2O2/c21-20(22,23)14-8-6-12(7-9-14)17(26)15-10-11-16-18(24-15)25-19(27-16)13-4-2-1-3-5-13/h1-11H. The van der Waals surface area contributed by atoms with Crippen molar-refractivity contribution in [2.24, 2.45) is 0 Å². The Labute approximate surface area is 151 Å². The second-order valence-electron chi connectivity index (χ2n) is 5.81. The highest BCUT2D eigenvalue weighted by Gasteiger charge is 2.30. The zero-order valence-electron chi connectivity index (χ0n) is 13.7. The van der Waals surface area contributed by atoms with Gasteiger partial charge in [0.15, 0.2) is 11.2 Å². The third kappa shape index (κ3) is 3.31. The third-order valence-electron chi connectivity index (χ3n) is 3.98. The summed E-state index contributed by atoms with van der Waals surface area (Å²) >= 11 is 0. The van der Waals surface area contributed by atoms with Crippen LogP contribution in [0.5, 0.6) is 0 Å². The number of oxazole rings is 1. The maximum atomic E-state index is 12.6. The van der Waals surface area contributed by atoms with E-state index in [1.165, 1.54) is 6.07 Å². The Morgan fingerprint density at radius 2 is 1.56 bits per heavy atom. The molecule has 0 fully saturated rings. The molecule has 0 spiro atoms. The summed E-state index contributed by atoms with van der Waals surface area (Å²) in [6.45, 7) is 0. The number of alkyl halides is 3. The number of rotatable bonds is 3. The lowest BCUT2D eigenvalue weighted by Crippen LogP contribution is -2.07. The van der Waals surface area contributed by atoms with Crippen molar-refractivity contribution in [1.29, 1.82) is 0 Å². The Morgan fingerprint density at radius 3 is 2.22 bits per heavy atom. The van der Waals surface area contributed by atoms with Gasteiger partial charge in [-0.3, -0.25) is 4.79 Å². The van der Waals surface area contributed by atoms with Gasteiger partial charge < -0.3 is 4.42 Å². The van der Waals surface area contributed by atoms with Gasteiger partial charge in [-0.25, -0.2) is 4.98 Å². The molecule has 0 atom stereocenters. The van der Waals surface area contributed by atoms with Gasteiger partial charge in [0.1, 0.15) is 5.69 Å². The number of aromatic nitrogens is 2. The fraction of sp³-hybridized carbons (Fsp3) is 0.0500. The quantitative estimate of drug-likeness (QED) is 0.470. The van der Waals surface area contributed by atoms with Gasteiger partial charge >= 0.3 is 6.18 Å². The second kappa shape index (κ2) is 6.35. The van der Waals surface area contributed by atoms with Crippen molar-refractivity contribution in [3.63, 3.8) is 0 Å². The van der Waals surface area contributed by atoms with Crippen molar-refractivity contribution >= 4 is 17.0 Å². The molecule has 0 saturated heterocycles. The summed E-state index contributed by atoms with van der Waals surface area (Å²) in [5, 5.41) is 0. The molecule has 0 bridgehead atoms. The minimum absolute atomic E-state index is 0.0789. The van der Waals surface area contributed by atoms with Gasteiger partial charge in [-0.1, -0.05) is 30.3 Å². The van der Waals surface area contributed by atoms with Gasteiger partial charge in [0.25, 0.3) is 0 Å². The molecule has 134 valence electrons. The highest BCUT2D eigenvalue weighted by atomic mass is 19.4. The number of hydrogen-bond acceptors (Lipinski definition) is 4. The monoisotopic (exact) mass is 368 g/mol. The molecule has 0 unspecified atom stereocenters. The van der Waals surface area contributed by atoms with Crippen LogP contribution in [0.15, 0.2) is 71.1 Å². The van der Waals surface area contributed by atoms with Crippen molar-refractivity contribution in [3.8, 4) is 11.5 Å². The van der Waals surface area contributed by atoms with Crippen LogP contribution in [0.1, 0.15) is 21.6 Å². The van der Waals surface area contributed by atoms with Crippen molar-refractivity contribution in [3.05, 3.63) is 83.6 Å². The SMILES string of the molecule is O=C(c1ccc(C(F)(F)F)cc1)c1ccc2oc(-c3ccccc3)nc2n1. The summed E-state index contributed by atoms with van der Waals surface area (Å²) in [5.41, 5.74) is 0.818. The lowest BCUT2D eigenvalue weighted by molar-refractivity contribution is -0.137. The van der Waals surface area contributed by atoms with E-state index in [-0.39, 0.29) is 16.9 Å². The number of nitrogens with zero attached hydrogens (tertiary/aromatic N) is 2. The molecule has 4 nitrogen and oxygen atoms in total. The molecule has 2 heterocycles. The fourth-order valence-corrected chi connectivity index (χ4v) is 2.61. The van der Waals surface area contributed by atoms with Crippen molar-refractivity contribution in [1.82, 2.24) is 9.97 Å². The molecule has 0 radical (unpaired) electrons. The maximum Gasteiger partial charge on any atom is 0.416 e. The Balaban J connectivity index is 1.66. The second-order valence-corrected chi connectivity index (χ2v) is 5.81. The fourth-order valence-electron chi connectivity index (χ4n) is 2.61. The van der Waals surface area contributed by atoms with E-state index in [4.69, 9.17) is 4.42 Å². The average molecular weight is 368 g/mol. The van der Waals surface area contributed by atoms with Gasteiger partial charge in [-0.2, -0.15) is 18.2 Å². The molecule has 27 heavy (non-hydrogen) atoms. The van der Waals surface area contributed by atoms with E-state index in [0.29, 0.717) is 11.5 Å². The van der Waals surface area contributed by atoms with E-state index in [1.54, 1.807) is 6.07 Å². The molecular formula is C20H11F3N2O2. The summed E-state index contributed by atoms with van der Waals surface area (Å²) < 4.78 is 43.6. The first-order valence-corrected chi connectivity index (χ1v) is 7.97. The normalized spacial score (nSPS) is 11.7. The molecule has 7 heteroatoms. The number of ketones is 1. The van der Waals surface area contributed by atoms with Gasteiger partial charge in [0.2, 0.25) is 11.7 Å². The maximum absolute atomic E-state index is 12.6. The van der Waals surface area contributed by atoms with Gasteiger partial charge in [-0.15, -0.1) is 0 Å². The summed E-state index contributed by atoms with van der Waals surface area (Å²) in [6.07, 6.45) is -4.45. The van der Waals surface area contributed by atoms with Crippen LogP contribution in [0.25, 0.3) is 22.7 Å². The number of pyridine rings is 1. The van der Waals surface area contributed by atoms with Crippen LogP contribution in [0, 0.1) is 0 Å². The molecule has 2 aromatic heterocycles. The minimum Gasteiger partial charge on any atom is -0.434 e. The topological polar surface area (TPSA) is 56.0 Å². The number of benzene rings is 2. The predicted molar refractivity (Wildman–Crippen MR) is 92.1 cm³/mol. The minimum atomic E-state index is -4.45. The first kappa shape index (κ1) is 17.0. The Bertz CT molecular complexity index is 1120. The van der Waals surface area contributed by atoms with Crippen molar-refractivity contribution in [2.45, 2.75) is 6.18 Å². The Hall–Kier alpha value is -3.48. The molecule has 2 aromatic carbocycles. The number of halogens is 3. The van der Waals surface area contributed by atoms with Crippen LogP contribution < -0.4 is 0 Å². The van der Waals surface area contributed by atoms with Crippen LogP contribution in [0.4, 0.5) is 13.2 Å². The molecule has 0 N–H and O–H groups in total. The molecule has 4 aromatic rings. The van der Waals surface area contributed by atoms with Crippen LogP contribution in [-0.2, 0) is 6.18 Å². The zero-order chi connectivity index (χ0) is 19.0. The van der Waals surface area contributed by atoms with Crippen LogP contribution >= 0.6 is 0 Å². The van der Waals surface area contributed by atoms with E-state index in [1.807, 2.05) is 30.3 Å².